The maximum absolute atomic E-state index is 12.5. The largest absolute Gasteiger partial charge is 0.469 e. The Kier molecular flexibility index (Phi) is 3.66. The molecule has 0 saturated heterocycles. The van der Waals surface area contributed by atoms with Crippen molar-refractivity contribution < 1.29 is 18.7 Å². The predicted octanol–water partition coefficient (Wildman–Crippen LogP) is 3.76. The Morgan fingerprint density at radius 1 is 1.50 bits per heavy atom. The number of hydrogen-bond donors (Lipinski definition) is 0. The standard InChI is InChI=1S/C18H24O4/c1-5-15(20)22-17-16-10(2)9-21-14(16)8-12-13(19)7-6-11(3)18(12,17)4/h9,11-12,17H,5-8H2,1-4H3/t11-,12-,17+,18+/m0/s1. The highest BCUT2D eigenvalue weighted by Gasteiger charge is 2.57. The van der Waals surface area contributed by atoms with Gasteiger partial charge in [-0.15, -0.1) is 0 Å². The van der Waals surface area contributed by atoms with Crippen molar-refractivity contribution in [1.82, 2.24) is 0 Å². The van der Waals surface area contributed by atoms with Crippen LogP contribution in [0.5, 0.6) is 0 Å². The van der Waals surface area contributed by atoms with Gasteiger partial charge < -0.3 is 9.15 Å². The summed E-state index contributed by atoms with van der Waals surface area (Å²) in [4.78, 5) is 24.5. The zero-order valence-corrected chi connectivity index (χ0v) is 13.8. The third-order valence-electron chi connectivity index (χ3n) is 5.88. The molecular formula is C18H24O4. The van der Waals surface area contributed by atoms with Gasteiger partial charge in [0.1, 0.15) is 17.6 Å². The minimum atomic E-state index is -0.383. The fourth-order valence-electron chi connectivity index (χ4n) is 4.22. The molecule has 22 heavy (non-hydrogen) atoms. The molecule has 3 rings (SSSR count). The monoisotopic (exact) mass is 304 g/mol. The average Bonchev–Trinajstić information content (AvgIpc) is 2.86. The molecule has 4 atom stereocenters. The lowest BCUT2D eigenvalue weighted by Crippen LogP contribution is -2.51. The van der Waals surface area contributed by atoms with E-state index in [-0.39, 0.29) is 29.2 Å². The topological polar surface area (TPSA) is 56.5 Å². The highest BCUT2D eigenvalue weighted by molar-refractivity contribution is 5.84. The van der Waals surface area contributed by atoms with Crippen LogP contribution in [-0.4, -0.2) is 11.8 Å². The van der Waals surface area contributed by atoms with Crippen LogP contribution in [0, 0.1) is 24.2 Å². The number of esters is 1. The van der Waals surface area contributed by atoms with Crippen molar-refractivity contribution >= 4 is 11.8 Å². The summed E-state index contributed by atoms with van der Waals surface area (Å²) in [7, 11) is 0. The maximum atomic E-state index is 12.5. The quantitative estimate of drug-likeness (QED) is 0.781. The lowest BCUT2D eigenvalue weighted by Gasteiger charge is -2.51. The molecule has 4 heteroatoms. The molecule has 0 aromatic carbocycles. The number of Topliss-reactive ketones (excluding diaryl/α,β-unsaturated/α-hetero) is 1. The van der Waals surface area contributed by atoms with Gasteiger partial charge in [0.15, 0.2) is 0 Å². The molecule has 1 heterocycles. The molecule has 1 aromatic rings. The summed E-state index contributed by atoms with van der Waals surface area (Å²) in [5.74, 6) is 1.08. The average molecular weight is 304 g/mol. The first-order valence-corrected chi connectivity index (χ1v) is 8.18. The summed E-state index contributed by atoms with van der Waals surface area (Å²) >= 11 is 0. The van der Waals surface area contributed by atoms with Crippen LogP contribution in [0.4, 0.5) is 0 Å². The number of fused-ring (bicyclic) bond motifs is 2. The van der Waals surface area contributed by atoms with Gasteiger partial charge in [0.25, 0.3) is 0 Å². The summed E-state index contributed by atoms with van der Waals surface area (Å²) in [6, 6.07) is 0. The van der Waals surface area contributed by atoms with Gasteiger partial charge in [-0.3, -0.25) is 9.59 Å². The highest BCUT2D eigenvalue weighted by atomic mass is 16.5. The van der Waals surface area contributed by atoms with E-state index in [1.165, 1.54) is 0 Å². The molecular weight excluding hydrogens is 280 g/mol. The molecule has 0 unspecified atom stereocenters. The molecule has 4 nitrogen and oxygen atoms in total. The summed E-state index contributed by atoms with van der Waals surface area (Å²) in [6.45, 7) is 8.06. The van der Waals surface area contributed by atoms with Crippen molar-refractivity contribution in [3.63, 3.8) is 0 Å². The lowest BCUT2D eigenvalue weighted by atomic mass is 9.54. The van der Waals surface area contributed by atoms with Crippen LogP contribution in [0.2, 0.25) is 0 Å². The molecule has 1 fully saturated rings. The van der Waals surface area contributed by atoms with Crippen molar-refractivity contribution in [2.75, 3.05) is 0 Å². The first-order chi connectivity index (χ1) is 10.4. The van der Waals surface area contributed by atoms with Gasteiger partial charge in [0, 0.05) is 36.2 Å². The maximum Gasteiger partial charge on any atom is 0.306 e. The molecule has 0 radical (unpaired) electrons. The zero-order chi connectivity index (χ0) is 16.1. The second kappa shape index (κ2) is 5.25. The minimum Gasteiger partial charge on any atom is -0.469 e. The number of furan rings is 1. The van der Waals surface area contributed by atoms with Crippen LogP contribution >= 0.6 is 0 Å². The van der Waals surface area contributed by atoms with Gasteiger partial charge in [-0.25, -0.2) is 0 Å². The van der Waals surface area contributed by atoms with Crippen LogP contribution in [0.25, 0.3) is 0 Å². The number of carbonyl (C=O) groups is 2. The van der Waals surface area contributed by atoms with Crippen molar-refractivity contribution in [2.24, 2.45) is 17.3 Å². The molecule has 120 valence electrons. The SMILES string of the molecule is CCC(=O)O[C@@H]1c2c(C)coc2C[C@H]2C(=O)CC[C@H](C)[C@@]12C. The molecule has 0 aliphatic heterocycles. The highest BCUT2D eigenvalue weighted by Crippen LogP contribution is 2.58. The van der Waals surface area contributed by atoms with E-state index in [9.17, 15) is 9.59 Å². The third kappa shape index (κ3) is 2.03. The van der Waals surface area contributed by atoms with Crippen molar-refractivity contribution in [3.8, 4) is 0 Å². The first kappa shape index (κ1) is 15.3. The van der Waals surface area contributed by atoms with Crippen molar-refractivity contribution in [1.29, 1.82) is 0 Å². The molecule has 0 N–H and O–H groups in total. The normalized spacial score (nSPS) is 34.0. The molecule has 0 bridgehead atoms. The molecule has 2 aliphatic carbocycles. The second-order valence-electron chi connectivity index (χ2n) is 7.01. The van der Waals surface area contributed by atoms with Crippen LogP contribution in [0.15, 0.2) is 10.7 Å². The Bertz CT molecular complexity index is 615. The van der Waals surface area contributed by atoms with Crippen LogP contribution < -0.4 is 0 Å². The van der Waals surface area contributed by atoms with E-state index < -0.39 is 0 Å². The van der Waals surface area contributed by atoms with E-state index in [2.05, 4.69) is 13.8 Å². The number of rotatable bonds is 2. The number of carbonyl (C=O) groups excluding carboxylic acids is 2. The second-order valence-corrected chi connectivity index (χ2v) is 7.01. The predicted molar refractivity (Wildman–Crippen MR) is 81.3 cm³/mol. The van der Waals surface area contributed by atoms with Gasteiger partial charge in [-0.2, -0.15) is 0 Å². The van der Waals surface area contributed by atoms with Crippen LogP contribution in [-0.2, 0) is 20.7 Å². The van der Waals surface area contributed by atoms with Gasteiger partial charge in [-0.05, 0) is 24.8 Å². The Morgan fingerprint density at radius 3 is 2.91 bits per heavy atom. The minimum absolute atomic E-state index is 0.121. The van der Waals surface area contributed by atoms with Crippen molar-refractivity contribution in [2.45, 2.75) is 59.5 Å². The zero-order valence-electron chi connectivity index (χ0n) is 13.8. The molecule has 1 aromatic heterocycles. The fourth-order valence-corrected chi connectivity index (χ4v) is 4.22. The first-order valence-electron chi connectivity index (χ1n) is 8.18. The summed E-state index contributed by atoms with van der Waals surface area (Å²) in [6.07, 6.45) is 3.78. The van der Waals surface area contributed by atoms with Crippen LogP contribution in [0.3, 0.4) is 0 Å². The number of aryl methyl sites for hydroxylation is 1. The summed E-state index contributed by atoms with van der Waals surface area (Å²) < 4.78 is 11.5. The Balaban J connectivity index is 2.13. The van der Waals surface area contributed by atoms with E-state index in [1.54, 1.807) is 13.2 Å². The Labute approximate surface area is 131 Å². The van der Waals surface area contributed by atoms with E-state index in [4.69, 9.17) is 9.15 Å². The summed E-state index contributed by atoms with van der Waals surface area (Å²) in [5.41, 5.74) is 1.65. The van der Waals surface area contributed by atoms with Gasteiger partial charge in [0.2, 0.25) is 0 Å². The van der Waals surface area contributed by atoms with Gasteiger partial charge in [-0.1, -0.05) is 20.8 Å². The Morgan fingerprint density at radius 2 is 2.23 bits per heavy atom. The van der Waals surface area contributed by atoms with Gasteiger partial charge >= 0.3 is 5.97 Å². The smallest absolute Gasteiger partial charge is 0.306 e. The molecule has 2 aliphatic rings. The van der Waals surface area contributed by atoms with Crippen molar-refractivity contribution in [3.05, 3.63) is 23.2 Å². The molecule has 0 amide bonds. The van der Waals surface area contributed by atoms with E-state index >= 15 is 0 Å². The van der Waals surface area contributed by atoms with E-state index in [0.717, 1.165) is 23.3 Å². The van der Waals surface area contributed by atoms with Crippen LogP contribution in [0.1, 0.15) is 63.0 Å². The lowest BCUT2D eigenvalue weighted by molar-refractivity contribution is -0.172. The number of ether oxygens (including phenoxy) is 1. The van der Waals surface area contributed by atoms with E-state index in [0.29, 0.717) is 25.2 Å². The summed E-state index contributed by atoms with van der Waals surface area (Å²) in [5, 5.41) is 0. The molecule has 0 spiro atoms. The Hall–Kier alpha value is -1.58. The fraction of sp³-hybridized carbons (Fsp3) is 0.667. The third-order valence-corrected chi connectivity index (χ3v) is 5.88. The number of hydrogen-bond acceptors (Lipinski definition) is 4. The molecule has 1 saturated carbocycles. The van der Waals surface area contributed by atoms with Gasteiger partial charge in [0.05, 0.1) is 6.26 Å². The van der Waals surface area contributed by atoms with E-state index in [1.807, 2.05) is 6.92 Å². The number of ketones is 1.